The van der Waals surface area contributed by atoms with Gasteiger partial charge >= 0.3 is 0 Å². The fourth-order valence-corrected chi connectivity index (χ4v) is 3.37. The first-order valence-electron chi connectivity index (χ1n) is 10.9. The van der Waals surface area contributed by atoms with E-state index in [-0.39, 0.29) is 5.78 Å². The van der Waals surface area contributed by atoms with Gasteiger partial charge in [-0.3, -0.25) is 4.79 Å². The summed E-state index contributed by atoms with van der Waals surface area (Å²) in [5, 5.41) is 0. The van der Waals surface area contributed by atoms with E-state index in [1.54, 1.807) is 24.3 Å². The summed E-state index contributed by atoms with van der Waals surface area (Å²) >= 11 is 0. The van der Waals surface area contributed by atoms with Gasteiger partial charge in [-0.25, -0.2) is 0 Å². The molecule has 0 N–H and O–H groups in total. The highest BCUT2D eigenvalue weighted by molar-refractivity contribution is 6.09. The molecule has 3 heteroatoms. The van der Waals surface area contributed by atoms with E-state index in [1.807, 2.05) is 48.5 Å². The second-order valence-corrected chi connectivity index (χ2v) is 7.58. The Bertz CT molecular complexity index is 1060. The minimum absolute atomic E-state index is 0.0392. The Hall–Kier alpha value is -3.85. The van der Waals surface area contributed by atoms with Crippen LogP contribution in [0.3, 0.4) is 0 Å². The van der Waals surface area contributed by atoms with Crippen molar-refractivity contribution in [3.8, 4) is 23.0 Å². The molecule has 0 atom stereocenters. The molecule has 0 unspecified atom stereocenters. The van der Waals surface area contributed by atoms with Gasteiger partial charge in [-0.1, -0.05) is 38.1 Å². The van der Waals surface area contributed by atoms with Crippen molar-refractivity contribution >= 4 is 5.78 Å². The molecule has 0 aliphatic rings. The maximum absolute atomic E-state index is 12.8. The van der Waals surface area contributed by atoms with Crippen LogP contribution in [0.5, 0.6) is 23.0 Å². The van der Waals surface area contributed by atoms with Gasteiger partial charge in [0.2, 0.25) is 0 Å². The molecular formula is C29H26O3. The summed E-state index contributed by atoms with van der Waals surface area (Å²) < 4.78 is 11.8. The number of ketones is 1. The smallest absolute Gasteiger partial charge is 0.193 e. The molecule has 0 saturated heterocycles. The first-order chi connectivity index (χ1) is 15.6. The van der Waals surface area contributed by atoms with Crippen LogP contribution >= 0.6 is 0 Å². The van der Waals surface area contributed by atoms with E-state index >= 15 is 0 Å². The lowest BCUT2D eigenvalue weighted by Gasteiger charge is -2.09. The van der Waals surface area contributed by atoms with Gasteiger partial charge in [-0.15, -0.1) is 0 Å². The van der Waals surface area contributed by atoms with Gasteiger partial charge in [-0.05, 0) is 96.8 Å². The molecule has 32 heavy (non-hydrogen) atoms. The van der Waals surface area contributed by atoms with E-state index in [4.69, 9.17) is 9.47 Å². The van der Waals surface area contributed by atoms with Crippen molar-refractivity contribution in [2.75, 3.05) is 0 Å². The number of ether oxygens (including phenoxy) is 2. The second kappa shape index (κ2) is 9.97. The van der Waals surface area contributed by atoms with Gasteiger partial charge in [0.05, 0.1) is 0 Å². The maximum Gasteiger partial charge on any atom is 0.193 e. The number of carbonyl (C=O) groups is 1. The van der Waals surface area contributed by atoms with E-state index < -0.39 is 0 Å². The van der Waals surface area contributed by atoms with Crippen LogP contribution in [-0.2, 0) is 12.8 Å². The summed E-state index contributed by atoms with van der Waals surface area (Å²) in [5.41, 5.74) is 3.76. The molecule has 0 aliphatic heterocycles. The van der Waals surface area contributed by atoms with Crippen LogP contribution < -0.4 is 9.47 Å². The Morgan fingerprint density at radius 3 is 1.06 bits per heavy atom. The van der Waals surface area contributed by atoms with Crippen LogP contribution in [0.4, 0.5) is 0 Å². The summed E-state index contributed by atoms with van der Waals surface area (Å²) in [6.07, 6.45) is 1.99. The average molecular weight is 423 g/mol. The largest absolute Gasteiger partial charge is 0.457 e. The van der Waals surface area contributed by atoms with E-state index in [0.717, 1.165) is 24.3 Å². The van der Waals surface area contributed by atoms with Crippen LogP contribution in [0.2, 0.25) is 0 Å². The van der Waals surface area contributed by atoms with Crippen molar-refractivity contribution < 1.29 is 14.3 Å². The first-order valence-corrected chi connectivity index (χ1v) is 10.9. The summed E-state index contributed by atoms with van der Waals surface area (Å²) in [7, 11) is 0. The molecule has 3 nitrogen and oxygen atoms in total. The number of benzene rings is 4. The highest BCUT2D eigenvalue weighted by atomic mass is 16.5. The number of carbonyl (C=O) groups excluding carboxylic acids is 1. The highest BCUT2D eigenvalue weighted by Gasteiger charge is 2.10. The molecule has 0 amide bonds. The van der Waals surface area contributed by atoms with Gasteiger partial charge in [0.25, 0.3) is 0 Å². The zero-order valence-corrected chi connectivity index (χ0v) is 18.4. The number of hydrogen-bond donors (Lipinski definition) is 0. The minimum Gasteiger partial charge on any atom is -0.457 e. The number of hydrogen-bond acceptors (Lipinski definition) is 3. The molecule has 0 aliphatic carbocycles. The van der Waals surface area contributed by atoms with Crippen molar-refractivity contribution in [3.05, 3.63) is 119 Å². The number of aryl methyl sites for hydroxylation is 2. The van der Waals surface area contributed by atoms with Gasteiger partial charge < -0.3 is 9.47 Å². The molecule has 0 spiro atoms. The lowest BCUT2D eigenvalue weighted by Crippen LogP contribution is -2.01. The SMILES string of the molecule is CCc1ccc(Oc2ccc(C(=O)c3ccc(Oc4ccc(CC)cc4)cc3)cc2)cc1. The van der Waals surface area contributed by atoms with Crippen molar-refractivity contribution in [2.45, 2.75) is 26.7 Å². The third-order valence-electron chi connectivity index (χ3n) is 5.37. The van der Waals surface area contributed by atoms with Gasteiger partial charge in [0, 0.05) is 11.1 Å². The Labute approximate surface area is 189 Å². The average Bonchev–Trinajstić information content (AvgIpc) is 2.85. The van der Waals surface area contributed by atoms with Crippen LogP contribution in [0.25, 0.3) is 0 Å². The second-order valence-electron chi connectivity index (χ2n) is 7.58. The highest BCUT2D eigenvalue weighted by Crippen LogP contribution is 2.25. The van der Waals surface area contributed by atoms with E-state index in [2.05, 4.69) is 38.1 Å². The molecule has 0 heterocycles. The van der Waals surface area contributed by atoms with Crippen LogP contribution in [0.1, 0.15) is 40.9 Å². The van der Waals surface area contributed by atoms with Crippen molar-refractivity contribution in [1.82, 2.24) is 0 Å². The van der Waals surface area contributed by atoms with Crippen molar-refractivity contribution in [3.63, 3.8) is 0 Å². The quantitative estimate of drug-likeness (QED) is 0.274. The molecule has 4 aromatic rings. The van der Waals surface area contributed by atoms with Gasteiger partial charge in [-0.2, -0.15) is 0 Å². The third kappa shape index (κ3) is 5.25. The molecule has 0 fully saturated rings. The molecule has 4 rings (SSSR count). The van der Waals surface area contributed by atoms with E-state index in [0.29, 0.717) is 22.6 Å². The fraction of sp³-hybridized carbons (Fsp3) is 0.138. The summed E-state index contributed by atoms with van der Waals surface area (Å²) in [6.45, 7) is 4.24. The Balaban J connectivity index is 1.39. The zero-order valence-electron chi connectivity index (χ0n) is 18.4. The molecule has 0 radical (unpaired) electrons. The minimum atomic E-state index is -0.0392. The van der Waals surface area contributed by atoms with E-state index in [9.17, 15) is 4.79 Å². The normalized spacial score (nSPS) is 10.6. The van der Waals surface area contributed by atoms with Gasteiger partial charge in [0.15, 0.2) is 5.78 Å². The molecule has 4 aromatic carbocycles. The fourth-order valence-electron chi connectivity index (χ4n) is 3.37. The summed E-state index contributed by atoms with van der Waals surface area (Å²) in [5.74, 6) is 2.91. The molecule has 0 bridgehead atoms. The summed E-state index contributed by atoms with van der Waals surface area (Å²) in [6, 6.07) is 30.5. The molecular weight excluding hydrogens is 396 g/mol. The topological polar surface area (TPSA) is 35.5 Å². The van der Waals surface area contributed by atoms with Crippen molar-refractivity contribution in [2.24, 2.45) is 0 Å². The standard InChI is InChI=1S/C29H26O3/c1-3-21-5-13-25(14-6-21)31-27-17-9-23(10-18-27)29(30)24-11-19-28(20-12-24)32-26-15-7-22(4-2)8-16-26/h5-20H,3-4H2,1-2H3. The number of rotatable bonds is 8. The molecule has 0 aromatic heterocycles. The van der Waals surface area contributed by atoms with Crippen LogP contribution in [0, 0.1) is 0 Å². The monoisotopic (exact) mass is 422 g/mol. The Kier molecular flexibility index (Phi) is 6.66. The molecule has 160 valence electrons. The van der Waals surface area contributed by atoms with Crippen LogP contribution in [0.15, 0.2) is 97.1 Å². The Morgan fingerprint density at radius 2 is 0.781 bits per heavy atom. The van der Waals surface area contributed by atoms with Crippen molar-refractivity contribution in [1.29, 1.82) is 0 Å². The van der Waals surface area contributed by atoms with E-state index in [1.165, 1.54) is 11.1 Å². The Morgan fingerprint density at radius 1 is 0.500 bits per heavy atom. The summed E-state index contributed by atoms with van der Waals surface area (Å²) in [4.78, 5) is 12.8. The molecule has 0 saturated carbocycles. The lowest BCUT2D eigenvalue weighted by molar-refractivity contribution is 0.103. The third-order valence-corrected chi connectivity index (χ3v) is 5.37. The predicted octanol–water partition coefficient (Wildman–Crippen LogP) is 7.63. The lowest BCUT2D eigenvalue weighted by atomic mass is 10.0. The van der Waals surface area contributed by atoms with Crippen LogP contribution in [-0.4, -0.2) is 5.78 Å². The predicted molar refractivity (Wildman–Crippen MR) is 128 cm³/mol. The first kappa shape index (κ1) is 21.4. The zero-order chi connectivity index (χ0) is 22.3. The maximum atomic E-state index is 12.8. The van der Waals surface area contributed by atoms with Gasteiger partial charge in [0.1, 0.15) is 23.0 Å².